The molecule has 2 aliphatic heterocycles. The van der Waals surface area contributed by atoms with Crippen molar-refractivity contribution in [2.24, 2.45) is 0 Å². The molecule has 36 heavy (non-hydrogen) atoms. The van der Waals surface area contributed by atoms with Gasteiger partial charge >= 0.3 is 6.03 Å². The molecule has 8 nitrogen and oxygen atoms in total. The number of aryl methyl sites for hydroxylation is 1. The third kappa shape index (κ3) is 6.39. The maximum absolute atomic E-state index is 12.8. The molecule has 0 bridgehead atoms. The van der Waals surface area contributed by atoms with Gasteiger partial charge in [0.2, 0.25) is 11.8 Å². The van der Waals surface area contributed by atoms with Gasteiger partial charge in [0.15, 0.2) is 0 Å². The molecule has 4 rings (SSSR count). The van der Waals surface area contributed by atoms with Gasteiger partial charge in [0.1, 0.15) is 6.04 Å². The third-order valence-electron chi connectivity index (χ3n) is 6.30. The van der Waals surface area contributed by atoms with Gasteiger partial charge in [-0.2, -0.15) is 0 Å². The van der Waals surface area contributed by atoms with Gasteiger partial charge in [-0.1, -0.05) is 24.1 Å². The lowest BCUT2D eigenvalue weighted by Gasteiger charge is -2.29. The first kappa shape index (κ1) is 26.0. The fraction of sp³-hybridized carbons (Fsp3) is 0.385. The number of halogens is 1. The fourth-order valence-electron chi connectivity index (χ4n) is 4.28. The van der Waals surface area contributed by atoms with E-state index in [1.165, 1.54) is 0 Å². The number of benzene rings is 2. The van der Waals surface area contributed by atoms with Crippen LogP contribution in [-0.4, -0.2) is 47.0 Å². The maximum atomic E-state index is 12.8. The normalized spacial score (nSPS) is 17.1. The molecule has 190 valence electrons. The van der Waals surface area contributed by atoms with Crippen LogP contribution in [0.4, 0.5) is 10.5 Å². The van der Waals surface area contributed by atoms with E-state index in [9.17, 15) is 19.2 Å². The Morgan fingerprint density at radius 2 is 1.97 bits per heavy atom. The second-order valence-corrected chi connectivity index (χ2v) is 10.5. The summed E-state index contributed by atoms with van der Waals surface area (Å²) in [6.45, 7) is 2.89. The maximum Gasteiger partial charge on any atom is 0.319 e. The average molecular weight is 529 g/mol. The lowest BCUT2D eigenvalue weighted by Crippen LogP contribution is -2.52. The van der Waals surface area contributed by atoms with Crippen LogP contribution in [0.3, 0.4) is 0 Å². The van der Waals surface area contributed by atoms with E-state index in [1.807, 2.05) is 37.3 Å². The molecule has 2 aromatic rings. The number of hydrogen-bond acceptors (Lipinski definition) is 5. The van der Waals surface area contributed by atoms with E-state index in [2.05, 4.69) is 16.0 Å². The SMILES string of the molecule is Cc1ccc(NC(=O)NCCCCCSc2ccc3c(c2)CN(C2CCC(=O)NC2=O)C3=O)cc1Cl. The minimum atomic E-state index is -0.593. The highest BCUT2D eigenvalue weighted by Gasteiger charge is 2.39. The number of carbonyl (C=O) groups is 4. The number of amides is 5. The number of imide groups is 1. The van der Waals surface area contributed by atoms with Crippen molar-refractivity contribution >= 4 is 52.8 Å². The number of nitrogens with zero attached hydrogens (tertiary/aromatic N) is 1. The Morgan fingerprint density at radius 1 is 1.14 bits per heavy atom. The topological polar surface area (TPSA) is 108 Å². The Labute approximate surface area is 219 Å². The molecule has 0 radical (unpaired) electrons. The molecule has 3 N–H and O–H groups in total. The number of anilines is 1. The van der Waals surface area contributed by atoms with Crippen LogP contribution in [0.2, 0.25) is 5.02 Å². The predicted molar refractivity (Wildman–Crippen MR) is 140 cm³/mol. The number of rotatable bonds is 9. The molecule has 1 saturated heterocycles. The number of urea groups is 1. The zero-order valence-corrected chi connectivity index (χ0v) is 21.6. The van der Waals surface area contributed by atoms with Crippen molar-refractivity contribution in [3.8, 4) is 0 Å². The van der Waals surface area contributed by atoms with Gasteiger partial charge in [-0.15, -0.1) is 11.8 Å². The number of carbonyl (C=O) groups excluding carboxylic acids is 4. The van der Waals surface area contributed by atoms with Crippen molar-refractivity contribution in [3.63, 3.8) is 0 Å². The predicted octanol–water partition coefficient (Wildman–Crippen LogP) is 4.49. The van der Waals surface area contributed by atoms with Crippen LogP contribution in [0.15, 0.2) is 41.3 Å². The summed E-state index contributed by atoms with van der Waals surface area (Å²) in [5, 5.41) is 8.59. The Balaban J connectivity index is 1.15. The quantitative estimate of drug-likeness (QED) is 0.252. The van der Waals surface area contributed by atoms with Gasteiger partial charge in [0.05, 0.1) is 0 Å². The summed E-state index contributed by atoms with van der Waals surface area (Å²) in [6, 6.07) is 10.4. The van der Waals surface area contributed by atoms with E-state index < -0.39 is 11.9 Å². The lowest BCUT2D eigenvalue weighted by molar-refractivity contribution is -0.136. The average Bonchev–Trinajstić information content (AvgIpc) is 3.16. The Hall–Kier alpha value is -3.04. The molecule has 0 saturated carbocycles. The molecular formula is C26H29ClN4O4S. The van der Waals surface area contributed by atoms with E-state index in [1.54, 1.807) is 22.7 Å². The van der Waals surface area contributed by atoms with Crippen LogP contribution in [0, 0.1) is 6.92 Å². The van der Waals surface area contributed by atoms with E-state index in [0.717, 1.165) is 41.0 Å². The summed E-state index contributed by atoms with van der Waals surface area (Å²) < 4.78 is 0. The van der Waals surface area contributed by atoms with Gasteiger partial charge in [0.25, 0.3) is 5.91 Å². The molecule has 0 spiro atoms. The van der Waals surface area contributed by atoms with E-state index in [4.69, 9.17) is 11.6 Å². The van der Waals surface area contributed by atoms with Crippen LogP contribution in [-0.2, 0) is 16.1 Å². The van der Waals surface area contributed by atoms with Crippen molar-refractivity contribution in [2.75, 3.05) is 17.6 Å². The number of hydrogen-bond donors (Lipinski definition) is 3. The first-order valence-electron chi connectivity index (χ1n) is 12.0. The first-order chi connectivity index (χ1) is 17.3. The van der Waals surface area contributed by atoms with Crippen LogP contribution >= 0.6 is 23.4 Å². The summed E-state index contributed by atoms with van der Waals surface area (Å²) in [7, 11) is 0. The molecule has 0 aliphatic carbocycles. The standard InChI is InChI=1S/C26H29ClN4O4S/c1-16-5-6-18(14-21(16)27)29-26(35)28-11-3-2-4-12-36-19-7-8-20-17(13-19)15-31(25(20)34)22-9-10-23(32)30-24(22)33/h5-8,13-14,22H,2-4,9-12,15H2,1H3,(H2,28,29,35)(H,30,32,33). The van der Waals surface area contributed by atoms with Crippen LogP contribution in [0.5, 0.6) is 0 Å². The van der Waals surface area contributed by atoms with Crippen molar-refractivity contribution in [2.45, 2.75) is 56.5 Å². The number of piperidine rings is 1. The van der Waals surface area contributed by atoms with Gasteiger partial charge in [-0.05, 0) is 73.4 Å². The highest BCUT2D eigenvalue weighted by atomic mass is 35.5. The fourth-order valence-corrected chi connectivity index (χ4v) is 5.44. The molecule has 10 heteroatoms. The Kier molecular flexibility index (Phi) is 8.53. The van der Waals surface area contributed by atoms with Crippen LogP contribution < -0.4 is 16.0 Å². The summed E-state index contributed by atoms with van der Waals surface area (Å²) in [5.41, 5.74) is 3.17. The number of thioether (sulfide) groups is 1. The minimum Gasteiger partial charge on any atom is -0.338 e. The number of unbranched alkanes of at least 4 members (excludes halogenated alkanes) is 2. The van der Waals surface area contributed by atoms with E-state index in [-0.39, 0.29) is 24.3 Å². The Bertz CT molecular complexity index is 1190. The molecule has 1 unspecified atom stereocenters. The summed E-state index contributed by atoms with van der Waals surface area (Å²) >= 11 is 7.81. The monoisotopic (exact) mass is 528 g/mol. The number of nitrogens with one attached hydrogen (secondary N) is 3. The van der Waals surface area contributed by atoms with E-state index in [0.29, 0.717) is 35.8 Å². The minimum absolute atomic E-state index is 0.155. The van der Waals surface area contributed by atoms with Crippen molar-refractivity contribution in [3.05, 3.63) is 58.1 Å². The summed E-state index contributed by atoms with van der Waals surface area (Å²) in [6.07, 6.45) is 3.47. The molecule has 1 atom stereocenters. The first-order valence-corrected chi connectivity index (χ1v) is 13.4. The zero-order chi connectivity index (χ0) is 25.7. The molecule has 2 aliphatic rings. The lowest BCUT2D eigenvalue weighted by atomic mass is 10.0. The van der Waals surface area contributed by atoms with Gasteiger partial charge < -0.3 is 15.5 Å². The smallest absolute Gasteiger partial charge is 0.319 e. The highest BCUT2D eigenvalue weighted by Crippen LogP contribution is 2.31. The zero-order valence-electron chi connectivity index (χ0n) is 20.1. The van der Waals surface area contributed by atoms with Crippen LogP contribution in [0.1, 0.15) is 53.6 Å². The van der Waals surface area contributed by atoms with Gasteiger partial charge in [-0.25, -0.2) is 4.79 Å². The molecule has 2 aromatic carbocycles. The number of fused-ring (bicyclic) bond motifs is 1. The molecule has 5 amide bonds. The molecule has 2 heterocycles. The van der Waals surface area contributed by atoms with Crippen LogP contribution in [0.25, 0.3) is 0 Å². The van der Waals surface area contributed by atoms with Gasteiger partial charge in [-0.3, -0.25) is 19.7 Å². The summed E-state index contributed by atoms with van der Waals surface area (Å²) in [4.78, 5) is 51.1. The second kappa shape index (κ2) is 11.8. The van der Waals surface area contributed by atoms with E-state index >= 15 is 0 Å². The second-order valence-electron chi connectivity index (χ2n) is 8.97. The largest absolute Gasteiger partial charge is 0.338 e. The van der Waals surface area contributed by atoms with Crippen molar-refractivity contribution in [1.29, 1.82) is 0 Å². The molecular weight excluding hydrogens is 500 g/mol. The van der Waals surface area contributed by atoms with Gasteiger partial charge in [0, 0.05) is 40.7 Å². The summed E-state index contributed by atoms with van der Waals surface area (Å²) in [5.74, 6) is 0.0924. The molecule has 0 aromatic heterocycles. The molecule has 1 fully saturated rings. The Morgan fingerprint density at radius 3 is 2.75 bits per heavy atom. The van der Waals surface area contributed by atoms with Crippen molar-refractivity contribution < 1.29 is 19.2 Å². The van der Waals surface area contributed by atoms with Crippen molar-refractivity contribution in [1.82, 2.24) is 15.5 Å². The third-order valence-corrected chi connectivity index (χ3v) is 7.79. The highest BCUT2D eigenvalue weighted by molar-refractivity contribution is 7.99.